The number of aliphatic hydroxyl groups is 1. The summed E-state index contributed by atoms with van der Waals surface area (Å²) in [5.41, 5.74) is 1.67. The molecule has 0 heterocycles. The summed E-state index contributed by atoms with van der Waals surface area (Å²) in [6.45, 7) is 0.300. The van der Waals surface area contributed by atoms with E-state index >= 15 is 0 Å². The Kier molecular flexibility index (Phi) is 6.73. The second-order valence-corrected chi connectivity index (χ2v) is 5.57. The van der Waals surface area contributed by atoms with E-state index < -0.39 is 6.10 Å². The van der Waals surface area contributed by atoms with Crippen LogP contribution in [0.1, 0.15) is 16.8 Å². The molecule has 0 saturated carbocycles. The number of aliphatic hydroxyl groups excluding tert-OH is 1. The van der Waals surface area contributed by atoms with Crippen LogP contribution in [0.4, 0.5) is 5.69 Å². The Hall–Kier alpha value is -1.20. The second-order valence-electron chi connectivity index (χ2n) is 4.59. The monoisotopic (exact) mass is 282 g/mol. The first-order valence-electron chi connectivity index (χ1n) is 6.27. The molecule has 1 aromatic rings. The van der Waals surface area contributed by atoms with Crippen molar-refractivity contribution in [2.45, 2.75) is 12.5 Å². The quantitative estimate of drug-likeness (QED) is 0.797. The Balaban J connectivity index is 2.45. The Morgan fingerprint density at radius 1 is 1.37 bits per heavy atom. The highest BCUT2D eigenvalue weighted by molar-refractivity contribution is 7.98. The molecule has 0 spiro atoms. The van der Waals surface area contributed by atoms with Gasteiger partial charge < -0.3 is 15.3 Å². The van der Waals surface area contributed by atoms with Crippen LogP contribution in [0.3, 0.4) is 0 Å². The lowest BCUT2D eigenvalue weighted by atomic mass is 10.2. The van der Waals surface area contributed by atoms with Crippen molar-refractivity contribution in [3.05, 3.63) is 29.8 Å². The van der Waals surface area contributed by atoms with Gasteiger partial charge in [0.15, 0.2) is 0 Å². The standard InChI is InChI=1S/C14H22N2O2S/c1-16(2)12-6-4-11(5-7-12)14(18)15-10-13(17)8-9-19-3/h4-7,13,17H,8-10H2,1-3H3,(H,15,18). The second kappa shape index (κ2) is 8.07. The summed E-state index contributed by atoms with van der Waals surface area (Å²) in [6, 6.07) is 7.38. The van der Waals surface area contributed by atoms with Crippen molar-refractivity contribution in [3.63, 3.8) is 0 Å². The number of carbonyl (C=O) groups is 1. The predicted molar refractivity (Wildman–Crippen MR) is 82.1 cm³/mol. The smallest absolute Gasteiger partial charge is 0.251 e. The van der Waals surface area contributed by atoms with Crippen molar-refractivity contribution in [1.82, 2.24) is 5.32 Å². The highest BCUT2D eigenvalue weighted by atomic mass is 32.2. The molecule has 4 nitrogen and oxygen atoms in total. The Labute approximate surface area is 119 Å². The number of rotatable bonds is 7. The summed E-state index contributed by atoms with van der Waals surface area (Å²) < 4.78 is 0. The number of amides is 1. The van der Waals surface area contributed by atoms with E-state index in [1.165, 1.54) is 0 Å². The minimum Gasteiger partial charge on any atom is -0.391 e. The summed E-state index contributed by atoms with van der Waals surface area (Å²) in [4.78, 5) is 13.8. The van der Waals surface area contributed by atoms with Gasteiger partial charge in [-0.3, -0.25) is 4.79 Å². The van der Waals surface area contributed by atoms with Crippen LogP contribution in [0.15, 0.2) is 24.3 Å². The first-order valence-corrected chi connectivity index (χ1v) is 7.66. The molecule has 0 aliphatic carbocycles. The van der Waals surface area contributed by atoms with E-state index in [9.17, 15) is 9.90 Å². The zero-order valence-electron chi connectivity index (χ0n) is 11.7. The van der Waals surface area contributed by atoms with Crippen molar-refractivity contribution < 1.29 is 9.90 Å². The molecule has 5 heteroatoms. The SMILES string of the molecule is CSCCC(O)CNC(=O)c1ccc(N(C)C)cc1. The highest BCUT2D eigenvalue weighted by Crippen LogP contribution is 2.12. The maximum absolute atomic E-state index is 11.9. The van der Waals surface area contributed by atoms with Gasteiger partial charge in [-0.15, -0.1) is 0 Å². The van der Waals surface area contributed by atoms with Crippen LogP contribution >= 0.6 is 11.8 Å². The fourth-order valence-electron chi connectivity index (χ4n) is 1.58. The van der Waals surface area contributed by atoms with Crippen LogP contribution in [0, 0.1) is 0 Å². The van der Waals surface area contributed by atoms with Crippen molar-refractivity contribution in [2.24, 2.45) is 0 Å². The average molecular weight is 282 g/mol. The highest BCUT2D eigenvalue weighted by Gasteiger charge is 2.09. The molecular formula is C14H22N2O2S. The Bertz CT molecular complexity index is 393. The first kappa shape index (κ1) is 15.9. The van der Waals surface area contributed by atoms with Crippen LogP contribution in [0.5, 0.6) is 0 Å². The topological polar surface area (TPSA) is 52.6 Å². The van der Waals surface area contributed by atoms with Gasteiger partial charge in [-0.1, -0.05) is 0 Å². The molecular weight excluding hydrogens is 260 g/mol. The summed E-state index contributed by atoms with van der Waals surface area (Å²) >= 11 is 1.69. The summed E-state index contributed by atoms with van der Waals surface area (Å²) in [5, 5.41) is 12.4. The molecule has 0 saturated heterocycles. The molecule has 1 unspecified atom stereocenters. The van der Waals surface area contributed by atoms with Crippen molar-refractivity contribution in [2.75, 3.05) is 37.5 Å². The van der Waals surface area contributed by atoms with Gasteiger partial charge in [-0.25, -0.2) is 0 Å². The number of hydrogen-bond acceptors (Lipinski definition) is 4. The zero-order chi connectivity index (χ0) is 14.3. The number of nitrogens with zero attached hydrogens (tertiary/aromatic N) is 1. The van der Waals surface area contributed by atoms with Crippen LogP contribution in [-0.2, 0) is 0 Å². The fraction of sp³-hybridized carbons (Fsp3) is 0.500. The molecule has 1 atom stereocenters. The van der Waals surface area contributed by atoms with Crippen molar-refractivity contribution >= 4 is 23.4 Å². The molecule has 19 heavy (non-hydrogen) atoms. The van der Waals surface area contributed by atoms with E-state index in [-0.39, 0.29) is 5.91 Å². The number of thioether (sulfide) groups is 1. The molecule has 0 aliphatic rings. The van der Waals surface area contributed by atoms with Crippen LogP contribution in [-0.4, -0.2) is 49.8 Å². The van der Waals surface area contributed by atoms with Crippen LogP contribution in [0.2, 0.25) is 0 Å². The number of hydrogen-bond donors (Lipinski definition) is 2. The van der Waals surface area contributed by atoms with E-state index in [0.717, 1.165) is 11.4 Å². The molecule has 1 rings (SSSR count). The third kappa shape index (κ3) is 5.53. The Morgan fingerprint density at radius 2 is 2.00 bits per heavy atom. The van der Waals surface area contributed by atoms with Crippen LogP contribution < -0.4 is 10.2 Å². The lowest BCUT2D eigenvalue weighted by Gasteiger charge is -2.13. The first-order chi connectivity index (χ1) is 9.04. The van der Waals surface area contributed by atoms with Crippen LogP contribution in [0.25, 0.3) is 0 Å². The predicted octanol–water partition coefficient (Wildman–Crippen LogP) is 1.60. The fourth-order valence-corrected chi connectivity index (χ4v) is 2.09. The molecule has 0 bridgehead atoms. The van der Waals surface area contributed by atoms with Gasteiger partial charge in [0.05, 0.1) is 6.10 Å². The maximum Gasteiger partial charge on any atom is 0.251 e. The van der Waals surface area contributed by atoms with Gasteiger partial charge in [0.25, 0.3) is 5.91 Å². The summed E-state index contributed by atoms with van der Waals surface area (Å²) in [6.07, 6.45) is 2.22. The number of anilines is 1. The maximum atomic E-state index is 11.9. The van der Waals surface area contributed by atoms with E-state index in [2.05, 4.69) is 5.32 Å². The van der Waals surface area contributed by atoms with Crippen molar-refractivity contribution in [1.29, 1.82) is 0 Å². The van der Waals surface area contributed by atoms with Gasteiger partial charge in [0, 0.05) is 31.9 Å². The summed E-state index contributed by atoms with van der Waals surface area (Å²) in [5.74, 6) is 0.752. The lowest BCUT2D eigenvalue weighted by Crippen LogP contribution is -2.32. The summed E-state index contributed by atoms with van der Waals surface area (Å²) in [7, 11) is 3.91. The number of benzene rings is 1. The Morgan fingerprint density at radius 3 is 2.53 bits per heavy atom. The largest absolute Gasteiger partial charge is 0.391 e. The van der Waals surface area contributed by atoms with E-state index in [1.54, 1.807) is 23.9 Å². The van der Waals surface area contributed by atoms with Gasteiger partial charge in [-0.2, -0.15) is 11.8 Å². The van der Waals surface area contributed by atoms with Gasteiger partial charge in [0.1, 0.15) is 0 Å². The average Bonchev–Trinajstić information content (AvgIpc) is 2.42. The van der Waals surface area contributed by atoms with Crippen molar-refractivity contribution in [3.8, 4) is 0 Å². The van der Waals surface area contributed by atoms with Gasteiger partial charge >= 0.3 is 0 Å². The minimum absolute atomic E-state index is 0.145. The van der Waals surface area contributed by atoms with Gasteiger partial charge in [-0.05, 0) is 42.7 Å². The number of carbonyl (C=O) groups excluding carboxylic acids is 1. The normalized spacial score (nSPS) is 12.0. The third-order valence-electron chi connectivity index (χ3n) is 2.80. The zero-order valence-corrected chi connectivity index (χ0v) is 12.5. The molecule has 2 N–H and O–H groups in total. The molecule has 106 valence electrons. The minimum atomic E-state index is -0.475. The molecule has 0 aliphatic heterocycles. The third-order valence-corrected chi connectivity index (χ3v) is 3.44. The van der Waals surface area contributed by atoms with E-state index in [4.69, 9.17) is 0 Å². The molecule has 1 amide bonds. The molecule has 0 fully saturated rings. The lowest BCUT2D eigenvalue weighted by molar-refractivity contribution is 0.0914. The molecule has 0 aromatic heterocycles. The van der Waals surface area contributed by atoms with Gasteiger partial charge in [0.2, 0.25) is 0 Å². The molecule has 0 radical (unpaired) electrons. The number of nitrogens with one attached hydrogen (secondary N) is 1. The molecule has 1 aromatic carbocycles. The van der Waals surface area contributed by atoms with E-state index in [1.807, 2.05) is 37.4 Å². The van der Waals surface area contributed by atoms with E-state index in [0.29, 0.717) is 18.5 Å².